The van der Waals surface area contributed by atoms with Crippen molar-refractivity contribution in [2.75, 3.05) is 26.3 Å². The molecule has 6 rings (SSSR count). The van der Waals surface area contributed by atoms with Crippen LogP contribution in [0.4, 0.5) is 13.2 Å². The number of likely N-dealkylation sites (tertiary alicyclic amines) is 1. The van der Waals surface area contributed by atoms with Crippen LogP contribution in [0, 0.1) is 12.8 Å². The first-order chi connectivity index (χ1) is 16.8. The van der Waals surface area contributed by atoms with E-state index < -0.39 is 44.3 Å². The van der Waals surface area contributed by atoms with E-state index in [2.05, 4.69) is 9.08 Å². The largest absolute Gasteiger partial charge is 0.534 e. The molecule has 36 heavy (non-hydrogen) atoms. The van der Waals surface area contributed by atoms with Gasteiger partial charge in [0.15, 0.2) is 17.6 Å². The third-order valence-corrected chi connectivity index (χ3v) is 9.93. The van der Waals surface area contributed by atoms with Crippen molar-refractivity contribution >= 4 is 10.1 Å². The lowest BCUT2D eigenvalue weighted by molar-refractivity contribution is -0.293. The Morgan fingerprint density at radius 1 is 1.17 bits per heavy atom. The van der Waals surface area contributed by atoms with Gasteiger partial charge in [-0.25, -0.2) is 0 Å². The molecule has 0 aromatic heterocycles. The first-order valence-corrected chi connectivity index (χ1v) is 13.8. The normalized spacial score (nSPS) is 35.7. The zero-order valence-electron chi connectivity index (χ0n) is 20.1. The molecule has 5 aliphatic rings. The van der Waals surface area contributed by atoms with Gasteiger partial charge in [0.2, 0.25) is 5.79 Å². The van der Waals surface area contributed by atoms with Crippen LogP contribution in [0.25, 0.3) is 0 Å². The molecule has 2 spiro atoms. The zero-order chi connectivity index (χ0) is 25.7. The van der Waals surface area contributed by atoms with Crippen molar-refractivity contribution in [3.63, 3.8) is 0 Å². The van der Waals surface area contributed by atoms with Crippen LogP contribution >= 0.6 is 0 Å². The third-order valence-electron chi connectivity index (χ3n) is 8.97. The molecule has 2 saturated carbocycles. The highest BCUT2D eigenvalue weighted by Crippen LogP contribution is 2.66. The standard InChI is InChI=1S/C24H30F3NO7S/c1-14-3-6-17(35-36(30,31)24(25,26)27)19-18(14)21-9-10-28(13-16-4-5-16)15(2)22(21,29)7-8-23(20(21)34-19)32-11-12-33-23/h3,6,15-16,20,29H,4-5,7-13H2,1-2H3/t15-,20?,21+,22?/m1/s1. The first-order valence-electron chi connectivity index (χ1n) is 12.4. The Balaban J connectivity index is 1.51. The molecule has 3 aliphatic heterocycles. The molecule has 0 bridgehead atoms. The lowest BCUT2D eigenvalue weighted by Crippen LogP contribution is -2.77. The maximum Gasteiger partial charge on any atom is 0.534 e. The molecule has 12 heteroatoms. The van der Waals surface area contributed by atoms with Crippen molar-refractivity contribution in [1.29, 1.82) is 0 Å². The van der Waals surface area contributed by atoms with Crippen LogP contribution in [-0.2, 0) is 25.0 Å². The van der Waals surface area contributed by atoms with E-state index in [9.17, 15) is 26.7 Å². The number of aliphatic hydroxyl groups is 1. The van der Waals surface area contributed by atoms with Crippen LogP contribution in [0.5, 0.6) is 11.5 Å². The Labute approximate surface area is 207 Å². The van der Waals surface area contributed by atoms with Crippen LogP contribution in [0.1, 0.15) is 50.2 Å². The van der Waals surface area contributed by atoms with Gasteiger partial charge in [-0.3, -0.25) is 4.90 Å². The Bertz CT molecular complexity index is 1180. The maximum atomic E-state index is 13.2. The summed E-state index contributed by atoms with van der Waals surface area (Å²) in [5, 5.41) is 12.5. The quantitative estimate of drug-likeness (QED) is 0.467. The van der Waals surface area contributed by atoms with Crippen LogP contribution in [0.3, 0.4) is 0 Å². The molecule has 1 aromatic rings. The summed E-state index contributed by atoms with van der Waals surface area (Å²) in [5.74, 6) is -1.25. The predicted octanol–water partition coefficient (Wildman–Crippen LogP) is 2.99. The third kappa shape index (κ3) is 3.23. The highest BCUT2D eigenvalue weighted by molar-refractivity contribution is 7.88. The number of benzene rings is 1. The van der Waals surface area contributed by atoms with Gasteiger partial charge < -0.3 is 23.5 Å². The minimum absolute atomic E-state index is 0.102. The summed E-state index contributed by atoms with van der Waals surface area (Å²) in [6.45, 7) is 5.91. The number of aryl methyl sites for hydroxylation is 1. The number of fused-ring (bicyclic) bond motifs is 2. The van der Waals surface area contributed by atoms with Gasteiger partial charge in [0.1, 0.15) is 0 Å². The highest BCUT2D eigenvalue weighted by atomic mass is 32.2. The minimum Gasteiger partial charge on any atom is -0.479 e. The molecule has 3 heterocycles. The van der Waals surface area contributed by atoms with E-state index >= 15 is 0 Å². The summed E-state index contributed by atoms with van der Waals surface area (Å²) in [5.41, 5.74) is -6.86. The number of ether oxygens (including phenoxy) is 3. The molecule has 0 radical (unpaired) electrons. The summed E-state index contributed by atoms with van der Waals surface area (Å²) in [6.07, 6.45) is 2.56. The van der Waals surface area contributed by atoms with Gasteiger partial charge in [0.25, 0.3) is 0 Å². The van der Waals surface area contributed by atoms with E-state index in [4.69, 9.17) is 14.2 Å². The fourth-order valence-corrected chi connectivity index (χ4v) is 7.52. The molecule has 0 amide bonds. The molecule has 4 fully saturated rings. The molecule has 1 N–H and O–H groups in total. The Morgan fingerprint density at radius 2 is 1.86 bits per heavy atom. The molecule has 2 unspecified atom stereocenters. The Hall–Kier alpha value is -1.60. The van der Waals surface area contributed by atoms with Crippen molar-refractivity contribution in [2.24, 2.45) is 5.92 Å². The van der Waals surface area contributed by atoms with Gasteiger partial charge in [-0.2, -0.15) is 21.6 Å². The summed E-state index contributed by atoms with van der Waals surface area (Å²) < 4.78 is 86.4. The fourth-order valence-electron chi connectivity index (χ4n) is 7.06. The molecule has 200 valence electrons. The van der Waals surface area contributed by atoms with Crippen LogP contribution in [0.15, 0.2) is 12.1 Å². The Kier molecular flexibility index (Phi) is 5.30. The zero-order valence-corrected chi connectivity index (χ0v) is 21.0. The Morgan fingerprint density at radius 3 is 2.50 bits per heavy atom. The van der Waals surface area contributed by atoms with E-state index in [1.165, 1.54) is 25.0 Å². The number of nitrogens with zero attached hydrogens (tertiary/aromatic N) is 1. The average Bonchev–Trinajstić information content (AvgIpc) is 3.35. The van der Waals surface area contributed by atoms with Crippen LogP contribution in [-0.4, -0.2) is 73.8 Å². The summed E-state index contributed by atoms with van der Waals surface area (Å²) in [4.78, 5) is 2.29. The van der Waals surface area contributed by atoms with E-state index in [-0.39, 0.29) is 11.8 Å². The van der Waals surface area contributed by atoms with Gasteiger partial charge in [0.05, 0.1) is 24.2 Å². The molecular formula is C24H30F3NO7S. The second-order valence-corrected chi connectivity index (χ2v) is 12.4. The summed E-state index contributed by atoms with van der Waals surface area (Å²) in [7, 11) is -5.93. The molecule has 2 saturated heterocycles. The van der Waals surface area contributed by atoms with Crippen LogP contribution in [0.2, 0.25) is 0 Å². The van der Waals surface area contributed by atoms with Gasteiger partial charge in [-0.1, -0.05) is 6.07 Å². The predicted molar refractivity (Wildman–Crippen MR) is 120 cm³/mol. The SMILES string of the molecule is Cc1ccc(OS(=O)(=O)C(F)(F)F)c2c1[C@]13CCN(CC4CC4)[C@H](C)C1(O)CCC1(OCCO1)C3O2. The van der Waals surface area contributed by atoms with Crippen molar-refractivity contribution in [1.82, 2.24) is 4.90 Å². The molecule has 8 nitrogen and oxygen atoms in total. The number of rotatable bonds is 4. The second kappa shape index (κ2) is 7.72. The first kappa shape index (κ1) is 24.7. The van der Waals surface area contributed by atoms with Gasteiger partial charge >= 0.3 is 15.6 Å². The number of halogens is 3. The van der Waals surface area contributed by atoms with Gasteiger partial charge in [-0.15, -0.1) is 0 Å². The lowest BCUT2D eigenvalue weighted by atomic mass is 9.51. The molecule has 4 atom stereocenters. The van der Waals surface area contributed by atoms with E-state index in [0.29, 0.717) is 56.1 Å². The maximum absolute atomic E-state index is 13.2. The van der Waals surface area contributed by atoms with Crippen LogP contribution < -0.4 is 8.92 Å². The van der Waals surface area contributed by atoms with Crippen molar-refractivity contribution < 1.29 is 45.1 Å². The number of hydrogen-bond acceptors (Lipinski definition) is 8. The van der Waals surface area contributed by atoms with Crippen molar-refractivity contribution in [2.45, 2.75) is 80.4 Å². The molecule has 2 aliphatic carbocycles. The fraction of sp³-hybridized carbons (Fsp3) is 0.750. The second-order valence-electron chi connectivity index (χ2n) is 10.8. The lowest BCUT2D eigenvalue weighted by Gasteiger charge is -2.62. The van der Waals surface area contributed by atoms with E-state index in [1.807, 2.05) is 6.92 Å². The highest BCUT2D eigenvalue weighted by Gasteiger charge is 2.75. The summed E-state index contributed by atoms with van der Waals surface area (Å²) in [6, 6.07) is 2.41. The minimum atomic E-state index is -5.93. The monoisotopic (exact) mass is 533 g/mol. The molecular weight excluding hydrogens is 503 g/mol. The van der Waals surface area contributed by atoms with E-state index in [0.717, 1.165) is 6.54 Å². The van der Waals surface area contributed by atoms with Gasteiger partial charge in [0, 0.05) is 24.6 Å². The number of piperidine rings is 1. The van der Waals surface area contributed by atoms with E-state index in [1.54, 1.807) is 6.92 Å². The molecule has 1 aromatic carbocycles. The van der Waals surface area contributed by atoms with Gasteiger partial charge in [-0.05, 0) is 63.6 Å². The number of hydrogen-bond donors (Lipinski definition) is 1. The summed E-state index contributed by atoms with van der Waals surface area (Å²) >= 11 is 0. The van der Waals surface area contributed by atoms with Crippen molar-refractivity contribution in [3.05, 3.63) is 23.3 Å². The smallest absolute Gasteiger partial charge is 0.479 e. The topological polar surface area (TPSA) is 94.5 Å². The van der Waals surface area contributed by atoms with Crippen molar-refractivity contribution in [3.8, 4) is 11.5 Å². The number of alkyl halides is 3. The average molecular weight is 534 g/mol.